The summed E-state index contributed by atoms with van der Waals surface area (Å²) in [5.41, 5.74) is -1.09. The minimum absolute atomic E-state index is 0.0985. The van der Waals surface area contributed by atoms with Crippen LogP contribution in [-0.4, -0.2) is 24.5 Å². The number of ether oxygens (including phenoxy) is 2. The van der Waals surface area contributed by atoms with Gasteiger partial charge in [0.15, 0.2) is 17.2 Å². The molecule has 0 aromatic heterocycles. The predicted octanol–water partition coefficient (Wildman–Crippen LogP) is 2.36. The van der Waals surface area contributed by atoms with Crippen LogP contribution in [-0.2, 0) is 9.53 Å². The summed E-state index contributed by atoms with van der Waals surface area (Å²) in [5, 5.41) is 0. The van der Waals surface area contributed by atoms with Crippen LogP contribution in [0, 0.1) is 5.82 Å². The Hall–Kier alpha value is -1.91. The molecular formula is C13H15FO4. The van der Waals surface area contributed by atoms with Gasteiger partial charge >= 0.3 is 5.97 Å². The average molecular weight is 254 g/mol. The van der Waals surface area contributed by atoms with Crippen LogP contribution in [0.2, 0.25) is 0 Å². The highest BCUT2D eigenvalue weighted by Gasteiger charge is 2.32. The number of carbonyl (C=O) groups is 2. The van der Waals surface area contributed by atoms with Crippen LogP contribution in [0.15, 0.2) is 18.2 Å². The van der Waals surface area contributed by atoms with E-state index >= 15 is 0 Å². The number of carbonyl (C=O) groups excluding carboxylic acids is 2. The van der Waals surface area contributed by atoms with Crippen LogP contribution in [0.4, 0.5) is 4.39 Å². The van der Waals surface area contributed by atoms with Crippen molar-refractivity contribution in [3.63, 3.8) is 0 Å². The minimum Gasteiger partial charge on any atom is -0.473 e. The monoisotopic (exact) mass is 254 g/mol. The molecular weight excluding hydrogens is 239 g/mol. The maximum absolute atomic E-state index is 13.6. The molecule has 0 bridgehead atoms. The summed E-state index contributed by atoms with van der Waals surface area (Å²) >= 11 is 0. The van der Waals surface area contributed by atoms with Crippen LogP contribution in [0.3, 0.4) is 0 Å². The molecule has 0 saturated carbocycles. The van der Waals surface area contributed by atoms with Crippen LogP contribution < -0.4 is 4.74 Å². The highest BCUT2D eigenvalue weighted by molar-refractivity contribution is 5.79. The highest BCUT2D eigenvalue weighted by atomic mass is 19.1. The maximum atomic E-state index is 13.6. The first-order valence-electron chi connectivity index (χ1n) is 5.51. The van der Waals surface area contributed by atoms with Gasteiger partial charge in [-0.05, 0) is 39.0 Å². The molecule has 0 saturated heterocycles. The van der Waals surface area contributed by atoms with Crippen LogP contribution in [0.25, 0.3) is 0 Å². The molecule has 0 N–H and O–H groups in total. The molecule has 98 valence electrons. The smallest absolute Gasteiger partial charge is 0.349 e. The van der Waals surface area contributed by atoms with Crippen LogP contribution >= 0.6 is 0 Å². The molecule has 0 radical (unpaired) electrons. The number of esters is 1. The van der Waals surface area contributed by atoms with E-state index in [-0.39, 0.29) is 17.9 Å². The summed E-state index contributed by atoms with van der Waals surface area (Å²) in [6.07, 6.45) is 0.531. The van der Waals surface area contributed by atoms with Gasteiger partial charge in [0.05, 0.1) is 6.61 Å². The van der Waals surface area contributed by atoms with Crippen LogP contribution in [0.5, 0.6) is 5.75 Å². The fourth-order valence-corrected chi connectivity index (χ4v) is 1.29. The lowest BCUT2D eigenvalue weighted by atomic mass is 10.1. The van der Waals surface area contributed by atoms with E-state index in [1.54, 1.807) is 6.92 Å². The molecule has 0 heterocycles. The number of hydrogen-bond donors (Lipinski definition) is 0. The molecule has 5 heteroatoms. The van der Waals surface area contributed by atoms with Gasteiger partial charge in [0, 0.05) is 5.56 Å². The molecule has 0 unspecified atom stereocenters. The quantitative estimate of drug-likeness (QED) is 0.598. The van der Waals surface area contributed by atoms with E-state index < -0.39 is 17.4 Å². The van der Waals surface area contributed by atoms with Crippen molar-refractivity contribution in [2.75, 3.05) is 6.61 Å². The zero-order valence-electron chi connectivity index (χ0n) is 10.5. The Morgan fingerprint density at radius 2 is 2.11 bits per heavy atom. The van der Waals surface area contributed by atoms with E-state index in [0.29, 0.717) is 6.29 Å². The normalized spacial score (nSPS) is 10.9. The summed E-state index contributed by atoms with van der Waals surface area (Å²) in [7, 11) is 0. The SMILES string of the molecule is CCOC(=O)C(C)(C)Oc1ccc(C=O)cc1F. The molecule has 0 fully saturated rings. The topological polar surface area (TPSA) is 52.6 Å². The first kappa shape index (κ1) is 14.2. The summed E-state index contributed by atoms with van der Waals surface area (Å²) < 4.78 is 23.7. The van der Waals surface area contributed by atoms with Crippen molar-refractivity contribution < 1.29 is 23.5 Å². The minimum atomic E-state index is -1.29. The van der Waals surface area contributed by atoms with Crippen molar-refractivity contribution in [3.8, 4) is 5.75 Å². The molecule has 0 spiro atoms. The van der Waals surface area contributed by atoms with Gasteiger partial charge in [0.25, 0.3) is 0 Å². The largest absolute Gasteiger partial charge is 0.473 e. The molecule has 1 aromatic carbocycles. The molecule has 1 aromatic rings. The first-order valence-corrected chi connectivity index (χ1v) is 5.51. The summed E-state index contributed by atoms with van der Waals surface area (Å²) in [6, 6.07) is 3.76. The molecule has 18 heavy (non-hydrogen) atoms. The number of aldehydes is 1. The van der Waals surface area contributed by atoms with Crippen LogP contribution in [0.1, 0.15) is 31.1 Å². The Morgan fingerprint density at radius 3 is 2.61 bits per heavy atom. The van der Waals surface area contributed by atoms with Crippen molar-refractivity contribution in [2.45, 2.75) is 26.4 Å². The lowest BCUT2D eigenvalue weighted by molar-refractivity contribution is -0.158. The van der Waals surface area contributed by atoms with Gasteiger partial charge < -0.3 is 9.47 Å². The van der Waals surface area contributed by atoms with E-state index in [1.165, 1.54) is 26.0 Å². The van der Waals surface area contributed by atoms with Crippen molar-refractivity contribution >= 4 is 12.3 Å². The standard InChI is InChI=1S/C13H15FO4/c1-4-17-12(16)13(2,3)18-11-6-5-9(8-15)7-10(11)14/h5-8H,4H2,1-3H3. The predicted molar refractivity (Wildman–Crippen MR) is 63.1 cm³/mol. The van der Waals surface area contributed by atoms with E-state index in [1.807, 2.05) is 0 Å². The molecule has 0 aliphatic heterocycles. The van der Waals surface area contributed by atoms with Gasteiger partial charge in [-0.1, -0.05) is 0 Å². The summed E-state index contributed by atoms with van der Waals surface area (Å²) in [4.78, 5) is 22.0. The van der Waals surface area contributed by atoms with Gasteiger partial charge in [-0.25, -0.2) is 9.18 Å². The fourth-order valence-electron chi connectivity index (χ4n) is 1.29. The van der Waals surface area contributed by atoms with Crippen molar-refractivity contribution in [3.05, 3.63) is 29.6 Å². The van der Waals surface area contributed by atoms with Gasteiger partial charge in [-0.2, -0.15) is 0 Å². The number of benzene rings is 1. The number of rotatable bonds is 5. The molecule has 0 aliphatic rings. The van der Waals surface area contributed by atoms with Gasteiger partial charge in [0.1, 0.15) is 6.29 Å². The van der Waals surface area contributed by atoms with E-state index in [2.05, 4.69) is 0 Å². The number of halogens is 1. The van der Waals surface area contributed by atoms with Gasteiger partial charge in [0.2, 0.25) is 0 Å². The van der Waals surface area contributed by atoms with E-state index in [9.17, 15) is 14.0 Å². The Kier molecular flexibility index (Phi) is 4.42. The van der Waals surface area contributed by atoms with Gasteiger partial charge in [-0.3, -0.25) is 4.79 Å². The third-order valence-electron chi connectivity index (χ3n) is 2.22. The van der Waals surface area contributed by atoms with Crippen molar-refractivity contribution in [1.82, 2.24) is 0 Å². The second-order valence-corrected chi connectivity index (χ2v) is 4.14. The lowest BCUT2D eigenvalue weighted by Crippen LogP contribution is -2.40. The average Bonchev–Trinajstić information content (AvgIpc) is 2.32. The number of hydrogen-bond acceptors (Lipinski definition) is 4. The molecule has 0 aliphatic carbocycles. The Bertz CT molecular complexity index is 454. The molecule has 1 rings (SSSR count). The second kappa shape index (κ2) is 5.62. The summed E-state index contributed by atoms with van der Waals surface area (Å²) in [6.45, 7) is 4.86. The fraction of sp³-hybridized carbons (Fsp3) is 0.385. The highest BCUT2D eigenvalue weighted by Crippen LogP contribution is 2.23. The maximum Gasteiger partial charge on any atom is 0.349 e. The molecule has 0 amide bonds. The van der Waals surface area contributed by atoms with E-state index in [0.717, 1.165) is 6.07 Å². The molecule has 0 atom stereocenters. The van der Waals surface area contributed by atoms with Crippen molar-refractivity contribution in [2.24, 2.45) is 0 Å². The Labute approximate surface area is 105 Å². The zero-order chi connectivity index (χ0) is 13.8. The Balaban J connectivity index is 2.90. The lowest BCUT2D eigenvalue weighted by Gasteiger charge is -2.24. The third-order valence-corrected chi connectivity index (χ3v) is 2.22. The van der Waals surface area contributed by atoms with Crippen molar-refractivity contribution in [1.29, 1.82) is 0 Å². The van der Waals surface area contributed by atoms with E-state index in [4.69, 9.17) is 9.47 Å². The first-order chi connectivity index (χ1) is 8.40. The molecule has 4 nitrogen and oxygen atoms in total. The third kappa shape index (κ3) is 3.29. The second-order valence-electron chi connectivity index (χ2n) is 4.14. The van der Waals surface area contributed by atoms with Gasteiger partial charge in [-0.15, -0.1) is 0 Å². The summed E-state index contributed by atoms with van der Waals surface area (Å²) in [5.74, 6) is -1.38. The zero-order valence-corrected chi connectivity index (χ0v) is 10.5. The Morgan fingerprint density at radius 1 is 1.44 bits per heavy atom.